The predicted molar refractivity (Wildman–Crippen MR) is 71.5 cm³/mol. The fourth-order valence-electron chi connectivity index (χ4n) is 1.47. The summed E-state index contributed by atoms with van der Waals surface area (Å²) in [5, 5.41) is 2.39. The minimum absolute atomic E-state index is 0.0146. The first kappa shape index (κ1) is 13.2. The van der Waals surface area contributed by atoms with Gasteiger partial charge in [-0.3, -0.25) is 4.79 Å². The van der Waals surface area contributed by atoms with Crippen molar-refractivity contribution in [3.8, 4) is 0 Å². The van der Waals surface area contributed by atoms with Crippen LogP contribution in [0.2, 0.25) is 0 Å². The number of thiocarbonyl (C=S) groups is 1. The molecule has 5 nitrogen and oxygen atoms in total. The highest BCUT2D eigenvalue weighted by Crippen LogP contribution is 2.17. The van der Waals surface area contributed by atoms with Crippen LogP contribution in [0.15, 0.2) is 29.0 Å². The topological polar surface area (TPSA) is 81.2 Å². The number of oxazole rings is 1. The zero-order valence-electron chi connectivity index (χ0n) is 9.94. The highest BCUT2D eigenvalue weighted by molar-refractivity contribution is 7.80. The Morgan fingerprint density at radius 1 is 1.53 bits per heavy atom. The Morgan fingerprint density at radius 3 is 2.79 bits per heavy atom. The third-order valence-electron chi connectivity index (χ3n) is 2.45. The number of aromatic nitrogens is 1. The Labute approximate surface area is 113 Å². The number of anilines is 1. The predicted octanol–water partition coefficient (Wildman–Crippen LogP) is 2.01. The molecular weight excluding hydrogens is 269 g/mol. The molecule has 7 heteroatoms. The summed E-state index contributed by atoms with van der Waals surface area (Å²) < 4.78 is 18.7. The molecule has 1 amide bonds. The Hall–Kier alpha value is -2.28. The van der Waals surface area contributed by atoms with Gasteiger partial charge >= 0.3 is 0 Å². The van der Waals surface area contributed by atoms with Gasteiger partial charge in [0.25, 0.3) is 5.91 Å². The molecule has 0 radical (unpaired) electrons. The van der Waals surface area contributed by atoms with Crippen LogP contribution in [0.1, 0.15) is 21.8 Å². The van der Waals surface area contributed by atoms with E-state index in [9.17, 15) is 9.18 Å². The maximum Gasteiger partial charge on any atom is 0.293 e. The summed E-state index contributed by atoms with van der Waals surface area (Å²) in [7, 11) is 0. The highest BCUT2D eigenvalue weighted by atomic mass is 32.1. The lowest BCUT2D eigenvalue weighted by molar-refractivity contribution is 0.0995. The monoisotopic (exact) mass is 279 g/mol. The van der Waals surface area contributed by atoms with Gasteiger partial charge < -0.3 is 15.5 Å². The summed E-state index contributed by atoms with van der Waals surface area (Å²) in [6.45, 7) is 1.62. The van der Waals surface area contributed by atoms with Gasteiger partial charge in [-0.25, -0.2) is 9.37 Å². The van der Waals surface area contributed by atoms with Crippen molar-refractivity contribution in [3.05, 3.63) is 47.4 Å². The zero-order valence-corrected chi connectivity index (χ0v) is 10.8. The number of halogens is 1. The summed E-state index contributed by atoms with van der Waals surface area (Å²) in [6.07, 6.45) is 1.15. The SMILES string of the molecule is Cc1ncoc1C(=O)Nc1ccc(C(N)=S)cc1F. The molecule has 0 saturated heterocycles. The number of amides is 1. The minimum Gasteiger partial charge on any atom is -0.438 e. The largest absolute Gasteiger partial charge is 0.438 e. The van der Waals surface area contributed by atoms with Crippen molar-refractivity contribution in [2.45, 2.75) is 6.92 Å². The first-order valence-electron chi connectivity index (χ1n) is 5.30. The van der Waals surface area contributed by atoms with E-state index >= 15 is 0 Å². The fourth-order valence-corrected chi connectivity index (χ4v) is 1.60. The molecule has 19 heavy (non-hydrogen) atoms. The maximum absolute atomic E-state index is 13.7. The lowest BCUT2D eigenvalue weighted by Gasteiger charge is -2.06. The number of carbonyl (C=O) groups is 1. The van der Waals surface area contributed by atoms with E-state index in [1.54, 1.807) is 6.92 Å². The zero-order chi connectivity index (χ0) is 14.0. The summed E-state index contributed by atoms with van der Waals surface area (Å²) >= 11 is 4.74. The van der Waals surface area contributed by atoms with E-state index in [0.29, 0.717) is 11.3 Å². The van der Waals surface area contributed by atoms with Crippen LogP contribution in [-0.4, -0.2) is 15.9 Å². The number of nitrogens with one attached hydrogen (secondary N) is 1. The van der Waals surface area contributed by atoms with Crippen LogP contribution in [0.3, 0.4) is 0 Å². The van der Waals surface area contributed by atoms with Crippen molar-refractivity contribution in [3.63, 3.8) is 0 Å². The van der Waals surface area contributed by atoms with Crippen molar-refractivity contribution in [2.24, 2.45) is 5.73 Å². The molecule has 1 aromatic carbocycles. The van der Waals surface area contributed by atoms with Crippen LogP contribution in [0.5, 0.6) is 0 Å². The van der Waals surface area contributed by atoms with E-state index in [0.717, 1.165) is 12.5 Å². The molecule has 0 saturated carbocycles. The molecule has 0 spiro atoms. The Kier molecular flexibility index (Phi) is 3.57. The minimum atomic E-state index is -0.629. The normalized spacial score (nSPS) is 10.2. The van der Waals surface area contributed by atoms with E-state index < -0.39 is 11.7 Å². The average Bonchev–Trinajstić information content (AvgIpc) is 2.77. The molecule has 0 atom stereocenters. The van der Waals surface area contributed by atoms with Gasteiger partial charge in [0.2, 0.25) is 5.76 Å². The van der Waals surface area contributed by atoms with Crippen LogP contribution in [0.25, 0.3) is 0 Å². The fraction of sp³-hybridized carbons (Fsp3) is 0.0833. The van der Waals surface area contributed by atoms with Crippen molar-refractivity contribution in [2.75, 3.05) is 5.32 Å². The Bertz CT molecular complexity index is 654. The molecule has 2 rings (SSSR count). The van der Waals surface area contributed by atoms with Gasteiger partial charge in [-0.15, -0.1) is 0 Å². The van der Waals surface area contributed by atoms with Gasteiger partial charge in [0.15, 0.2) is 6.39 Å². The van der Waals surface area contributed by atoms with Gasteiger partial charge in [-0.2, -0.15) is 0 Å². The average molecular weight is 279 g/mol. The summed E-state index contributed by atoms with van der Waals surface area (Å²) in [6, 6.07) is 4.06. The molecule has 1 aromatic heterocycles. The molecule has 1 heterocycles. The third kappa shape index (κ3) is 2.76. The Morgan fingerprint density at radius 2 is 2.26 bits per heavy atom. The molecule has 3 N–H and O–H groups in total. The summed E-state index contributed by atoms with van der Waals surface area (Å²) in [4.78, 5) is 15.7. The van der Waals surface area contributed by atoms with E-state index in [2.05, 4.69) is 10.3 Å². The van der Waals surface area contributed by atoms with Crippen molar-refractivity contribution >= 4 is 28.8 Å². The van der Waals surface area contributed by atoms with E-state index in [4.69, 9.17) is 22.4 Å². The quantitative estimate of drug-likeness (QED) is 0.840. The number of rotatable bonds is 3. The molecule has 0 unspecified atom stereocenters. The first-order chi connectivity index (χ1) is 8.99. The van der Waals surface area contributed by atoms with E-state index in [-0.39, 0.29) is 16.4 Å². The van der Waals surface area contributed by atoms with Crippen LogP contribution >= 0.6 is 12.2 Å². The van der Waals surface area contributed by atoms with Crippen molar-refractivity contribution in [1.29, 1.82) is 0 Å². The van der Waals surface area contributed by atoms with Gasteiger partial charge in [0.05, 0.1) is 11.4 Å². The molecule has 0 aliphatic rings. The number of hydrogen-bond acceptors (Lipinski definition) is 4. The third-order valence-corrected chi connectivity index (χ3v) is 2.69. The molecule has 0 bridgehead atoms. The smallest absolute Gasteiger partial charge is 0.293 e. The standard InChI is InChI=1S/C12H10FN3O2S/c1-6-10(18-5-15-6)12(17)16-9-3-2-7(11(14)19)4-8(9)13/h2-5H,1H3,(H2,14,19)(H,16,17). The van der Waals surface area contributed by atoms with Crippen LogP contribution in [0, 0.1) is 12.7 Å². The van der Waals surface area contributed by atoms with Crippen molar-refractivity contribution < 1.29 is 13.6 Å². The second-order valence-electron chi connectivity index (χ2n) is 3.78. The van der Waals surface area contributed by atoms with Gasteiger partial charge in [0.1, 0.15) is 10.8 Å². The molecule has 0 aliphatic carbocycles. The van der Waals surface area contributed by atoms with Crippen LogP contribution in [-0.2, 0) is 0 Å². The van der Waals surface area contributed by atoms with Gasteiger partial charge in [0, 0.05) is 5.56 Å². The molecular formula is C12H10FN3O2S. The number of aryl methyl sites for hydroxylation is 1. The second-order valence-corrected chi connectivity index (χ2v) is 4.22. The number of hydrogen-bond donors (Lipinski definition) is 2. The number of nitrogens with two attached hydrogens (primary N) is 1. The molecule has 98 valence electrons. The number of nitrogens with zero attached hydrogens (tertiary/aromatic N) is 1. The lowest BCUT2D eigenvalue weighted by atomic mass is 10.2. The maximum atomic E-state index is 13.7. The Balaban J connectivity index is 2.23. The van der Waals surface area contributed by atoms with Gasteiger partial charge in [-0.1, -0.05) is 12.2 Å². The molecule has 2 aromatic rings. The van der Waals surface area contributed by atoms with Gasteiger partial charge in [-0.05, 0) is 25.1 Å². The van der Waals surface area contributed by atoms with Crippen molar-refractivity contribution in [1.82, 2.24) is 4.98 Å². The summed E-state index contributed by atoms with van der Waals surface area (Å²) in [5.41, 5.74) is 6.22. The number of benzene rings is 1. The lowest BCUT2D eigenvalue weighted by Crippen LogP contribution is -2.15. The van der Waals surface area contributed by atoms with E-state index in [1.165, 1.54) is 12.1 Å². The highest BCUT2D eigenvalue weighted by Gasteiger charge is 2.16. The van der Waals surface area contributed by atoms with E-state index in [1.807, 2.05) is 0 Å². The molecule has 0 aliphatic heterocycles. The summed E-state index contributed by atoms with van der Waals surface area (Å²) in [5.74, 6) is -1.16. The first-order valence-corrected chi connectivity index (χ1v) is 5.70. The molecule has 0 fully saturated rings. The second kappa shape index (κ2) is 5.15. The number of carbonyl (C=O) groups excluding carboxylic acids is 1. The van der Waals surface area contributed by atoms with Crippen LogP contribution < -0.4 is 11.1 Å². The van der Waals surface area contributed by atoms with Crippen LogP contribution in [0.4, 0.5) is 10.1 Å².